The second-order valence-corrected chi connectivity index (χ2v) is 7.99. The molecular weight excluding hydrogens is 370 g/mol. The molecule has 0 aliphatic heterocycles. The van der Waals surface area contributed by atoms with Crippen molar-refractivity contribution in [3.8, 4) is 0 Å². The molecule has 1 amide bonds. The molecule has 146 valence electrons. The van der Waals surface area contributed by atoms with Crippen molar-refractivity contribution in [3.05, 3.63) is 52.8 Å². The number of nitrogens with one attached hydrogen (secondary N) is 1. The lowest BCUT2D eigenvalue weighted by Crippen LogP contribution is -2.31. The minimum atomic E-state index is -3.93. The highest BCUT2D eigenvalue weighted by Crippen LogP contribution is 2.17. The minimum Gasteiger partial charge on any atom is -0.451 e. The molecule has 3 N–H and O–H groups in total. The van der Waals surface area contributed by atoms with Crippen LogP contribution in [0.4, 0.5) is 0 Å². The maximum absolute atomic E-state index is 12.1. The molecule has 9 heteroatoms. The van der Waals surface area contributed by atoms with Crippen LogP contribution < -0.4 is 10.5 Å². The van der Waals surface area contributed by atoms with Gasteiger partial charge in [-0.3, -0.25) is 4.79 Å². The molecule has 0 saturated heterocycles. The first kappa shape index (κ1) is 20.7. The summed E-state index contributed by atoms with van der Waals surface area (Å²) in [6.45, 7) is 5.35. The number of aromatic nitrogens is 1. The summed E-state index contributed by atoms with van der Waals surface area (Å²) in [4.78, 5) is 23.9. The first-order valence-corrected chi connectivity index (χ1v) is 9.76. The zero-order valence-corrected chi connectivity index (χ0v) is 16.5. The summed E-state index contributed by atoms with van der Waals surface area (Å²) in [6, 6.07) is 6.75. The van der Waals surface area contributed by atoms with Crippen molar-refractivity contribution in [2.45, 2.75) is 31.7 Å². The van der Waals surface area contributed by atoms with Crippen LogP contribution in [0.1, 0.15) is 40.1 Å². The first-order valence-electron chi connectivity index (χ1n) is 8.22. The molecule has 0 unspecified atom stereocenters. The van der Waals surface area contributed by atoms with Gasteiger partial charge in [-0.2, -0.15) is 0 Å². The molecule has 1 aromatic carbocycles. The number of ether oxygens (including phenoxy) is 1. The Kier molecular flexibility index (Phi) is 6.07. The van der Waals surface area contributed by atoms with Gasteiger partial charge in [0, 0.05) is 13.2 Å². The van der Waals surface area contributed by atoms with Gasteiger partial charge in [0.1, 0.15) is 10.6 Å². The quantitative estimate of drug-likeness (QED) is 0.717. The predicted octanol–water partition coefficient (Wildman–Crippen LogP) is 1.32. The largest absolute Gasteiger partial charge is 0.451 e. The topological polar surface area (TPSA) is 120 Å². The third-order valence-electron chi connectivity index (χ3n) is 4.26. The van der Waals surface area contributed by atoms with E-state index in [0.717, 1.165) is 22.8 Å². The van der Waals surface area contributed by atoms with E-state index in [0.29, 0.717) is 0 Å². The Morgan fingerprint density at radius 2 is 1.89 bits per heavy atom. The molecule has 1 heterocycles. The van der Waals surface area contributed by atoms with Gasteiger partial charge in [0.05, 0.1) is 6.04 Å². The number of rotatable bonds is 6. The second kappa shape index (κ2) is 7.93. The number of esters is 1. The number of carbonyl (C=O) groups is 2. The van der Waals surface area contributed by atoms with Crippen LogP contribution in [0, 0.1) is 13.8 Å². The van der Waals surface area contributed by atoms with Gasteiger partial charge in [-0.25, -0.2) is 18.4 Å². The highest BCUT2D eigenvalue weighted by molar-refractivity contribution is 7.89. The van der Waals surface area contributed by atoms with Crippen LogP contribution in [0.15, 0.2) is 35.4 Å². The molecule has 0 spiro atoms. The number of aryl methyl sites for hydroxylation is 3. The van der Waals surface area contributed by atoms with Crippen LogP contribution in [0.2, 0.25) is 0 Å². The van der Waals surface area contributed by atoms with E-state index in [1.54, 1.807) is 0 Å². The zero-order valence-electron chi connectivity index (χ0n) is 15.6. The number of nitrogens with zero attached hydrogens (tertiary/aromatic N) is 1. The van der Waals surface area contributed by atoms with Crippen molar-refractivity contribution in [2.75, 3.05) is 6.61 Å². The highest BCUT2D eigenvalue weighted by Gasteiger charge is 2.20. The molecule has 0 saturated carbocycles. The lowest BCUT2D eigenvalue weighted by Gasteiger charge is -2.15. The molecular formula is C18H23N3O5S. The molecule has 27 heavy (non-hydrogen) atoms. The van der Waals surface area contributed by atoms with Crippen LogP contribution >= 0.6 is 0 Å². The summed E-state index contributed by atoms with van der Waals surface area (Å²) in [6.07, 6.45) is 1.20. The smallest absolute Gasteiger partial charge is 0.355 e. The van der Waals surface area contributed by atoms with Gasteiger partial charge in [-0.05, 0) is 43.5 Å². The summed E-state index contributed by atoms with van der Waals surface area (Å²) in [5.74, 6) is -1.28. The number of benzene rings is 1. The molecule has 0 radical (unpaired) electrons. The number of hydrogen-bond donors (Lipinski definition) is 2. The average Bonchev–Trinajstić information content (AvgIpc) is 2.97. The molecule has 1 aromatic heterocycles. The fourth-order valence-corrected chi connectivity index (χ4v) is 3.08. The second-order valence-electron chi connectivity index (χ2n) is 6.43. The predicted molar refractivity (Wildman–Crippen MR) is 99.5 cm³/mol. The van der Waals surface area contributed by atoms with Crippen molar-refractivity contribution in [1.29, 1.82) is 0 Å². The Morgan fingerprint density at radius 1 is 1.22 bits per heavy atom. The number of carbonyl (C=O) groups excluding carboxylic acids is 2. The molecule has 2 rings (SSSR count). The molecule has 0 bridgehead atoms. The van der Waals surface area contributed by atoms with Gasteiger partial charge in [0.2, 0.25) is 10.0 Å². The summed E-state index contributed by atoms with van der Waals surface area (Å²) < 4.78 is 28.9. The standard InChI is InChI=1S/C18H23N3O5S/c1-11-5-6-14(7-12(11)2)13(3)20-17(22)10-26-18(23)16-8-15(9-21(16)4)27(19,24)25/h5-9,13H,10H2,1-4H3,(H,20,22)(H2,19,24,25)/t13-/m0/s1. The van der Waals surface area contributed by atoms with E-state index in [4.69, 9.17) is 9.88 Å². The van der Waals surface area contributed by atoms with Crippen LogP contribution in [0.3, 0.4) is 0 Å². The number of amides is 1. The zero-order chi connectivity index (χ0) is 20.4. The van der Waals surface area contributed by atoms with E-state index in [1.807, 2.05) is 39.0 Å². The minimum absolute atomic E-state index is 0.0194. The normalized spacial score (nSPS) is 12.5. The highest BCUT2D eigenvalue weighted by atomic mass is 32.2. The van der Waals surface area contributed by atoms with Gasteiger partial charge in [0.15, 0.2) is 6.61 Å². The molecule has 0 fully saturated rings. The maximum atomic E-state index is 12.1. The van der Waals surface area contributed by atoms with E-state index in [-0.39, 0.29) is 16.6 Å². The summed E-state index contributed by atoms with van der Waals surface area (Å²) in [5.41, 5.74) is 3.20. The number of hydrogen-bond acceptors (Lipinski definition) is 5. The van der Waals surface area contributed by atoms with Crippen molar-refractivity contribution in [1.82, 2.24) is 9.88 Å². The fourth-order valence-electron chi connectivity index (χ4n) is 2.50. The van der Waals surface area contributed by atoms with Crippen molar-refractivity contribution in [2.24, 2.45) is 12.2 Å². The first-order chi connectivity index (χ1) is 12.5. The molecule has 2 aromatic rings. The van der Waals surface area contributed by atoms with Gasteiger partial charge in [0.25, 0.3) is 5.91 Å². The molecule has 0 aliphatic carbocycles. The number of nitrogens with two attached hydrogens (primary N) is 1. The van der Waals surface area contributed by atoms with Gasteiger partial charge in [-0.15, -0.1) is 0 Å². The monoisotopic (exact) mass is 393 g/mol. The van der Waals surface area contributed by atoms with Crippen LogP contribution in [-0.2, 0) is 26.6 Å². The van der Waals surface area contributed by atoms with Crippen LogP contribution in [0.5, 0.6) is 0 Å². The van der Waals surface area contributed by atoms with E-state index in [9.17, 15) is 18.0 Å². The number of sulfonamides is 1. The Morgan fingerprint density at radius 3 is 2.44 bits per heavy atom. The van der Waals surface area contributed by atoms with Crippen molar-refractivity contribution in [3.63, 3.8) is 0 Å². The van der Waals surface area contributed by atoms with E-state index < -0.39 is 28.5 Å². The van der Waals surface area contributed by atoms with E-state index in [1.165, 1.54) is 17.8 Å². The third-order valence-corrected chi connectivity index (χ3v) is 5.14. The Hall–Kier alpha value is -2.65. The summed E-state index contributed by atoms with van der Waals surface area (Å²) in [5, 5.41) is 7.79. The summed E-state index contributed by atoms with van der Waals surface area (Å²) in [7, 11) is -2.45. The molecule has 1 atom stereocenters. The Bertz CT molecular complexity index is 979. The molecule has 0 aliphatic rings. The number of primary sulfonamides is 1. The van der Waals surface area contributed by atoms with Crippen LogP contribution in [0.25, 0.3) is 0 Å². The van der Waals surface area contributed by atoms with Gasteiger partial charge >= 0.3 is 5.97 Å². The van der Waals surface area contributed by atoms with E-state index >= 15 is 0 Å². The average molecular weight is 393 g/mol. The van der Waals surface area contributed by atoms with Gasteiger partial charge < -0.3 is 14.6 Å². The SMILES string of the molecule is Cc1ccc([C@H](C)NC(=O)COC(=O)c2cc(S(N)(=O)=O)cn2C)cc1C. The lowest BCUT2D eigenvalue weighted by molar-refractivity contribution is -0.124. The van der Waals surface area contributed by atoms with Crippen molar-refractivity contribution >= 4 is 21.9 Å². The van der Waals surface area contributed by atoms with Gasteiger partial charge in [-0.1, -0.05) is 18.2 Å². The lowest BCUT2D eigenvalue weighted by atomic mass is 10.0. The Balaban J connectivity index is 1.96. The fraction of sp³-hybridized carbons (Fsp3) is 0.333. The summed E-state index contributed by atoms with van der Waals surface area (Å²) >= 11 is 0. The molecule has 8 nitrogen and oxygen atoms in total. The van der Waals surface area contributed by atoms with Crippen LogP contribution in [-0.4, -0.2) is 31.5 Å². The van der Waals surface area contributed by atoms with Crippen molar-refractivity contribution < 1.29 is 22.7 Å². The Labute approximate surface area is 158 Å². The maximum Gasteiger partial charge on any atom is 0.355 e. The van der Waals surface area contributed by atoms with E-state index in [2.05, 4.69) is 5.32 Å². The third kappa shape index (κ3) is 5.18.